The van der Waals surface area contributed by atoms with E-state index in [0.717, 1.165) is 68.8 Å². The van der Waals surface area contributed by atoms with Gasteiger partial charge in [-0.25, -0.2) is 0 Å². The minimum Gasteiger partial charge on any atom is -0.339 e. The highest BCUT2D eigenvalue weighted by Crippen LogP contribution is 2.21. The summed E-state index contributed by atoms with van der Waals surface area (Å²) in [6, 6.07) is 6.47. The molecular weight excluding hydrogens is 364 g/mol. The molecule has 0 saturated carbocycles. The van der Waals surface area contributed by atoms with Crippen molar-refractivity contribution in [3.05, 3.63) is 29.3 Å². The average Bonchev–Trinajstić information content (AvgIpc) is 2.72. The Morgan fingerprint density at radius 2 is 1.59 bits per heavy atom. The molecule has 1 aromatic rings. The van der Waals surface area contributed by atoms with Gasteiger partial charge in [-0.15, -0.1) is 0 Å². The van der Waals surface area contributed by atoms with Crippen molar-refractivity contribution in [2.24, 2.45) is 0 Å². The lowest BCUT2D eigenvalue weighted by atomic mass is 10.00. The Morgan fingerprint density at radius 1 is 0.966 bits per heavy atom. The second kappa shape index (κ2) is 10.2. The number of likely N-dealkylation sites (tertiary alicyclic amines) is 1. The average molecular weight is 401 g/mol. The molecule has 29 heavy (non-hydrogen) atoms. The normalized spacial score (nSPS) is 21.2. The summed E-state index contributed by atoms with van der Waals surface area (Å²) < 4.78 is 0. The molecule has 2 saturated heterocycles. The molecule has 2 aliphatic rings. The second-order valence-electron chi connectivity index (χ2n) is 8.51. The molecule has 6 nitrogen and oxygen atoms in total. The van der Waals surface area contributed by atoms with Crippen LogP contribution >= 0.6 is 0 Å². The number of piperazine rings is 1. The summed E-state index contributed by atoms with van der Waals surface area (Å²) in [4.78, 5) is 31.8. The van der Waals surface area contributed by atoms with Crippen molar-refractivity contribution in [1.82, 2.24) is 14.7 Å². The third-order valence-electron chi connectivity index (χ3n) is 6.36. The first-order valence-corrected chi connectivity index (χ1v) is 11.1. The predicted molar refractivity (Wildman–Crippen MR) is 117 cm³/mol. The van der Waals surface area contributed by atoms with Gasteiger partial charge < -0.3 is 10.2 Å². The van der Waals surface area contributed by atoms with E-state index in [-0.39, 0.29) is 11.8 Å². The Kier molecular flexibility index (Phi) is 7.67. The Labute approximate surface area is 175 Å². The van der Waals surface area contributed by atoms with Crippen LogP contribution in [0.4, 0.5) is 5.69 Å². The summed E-state index contributed by atoms with van der Waals surface area (Å²) in [7, 11) is 0. The zero-order valence-electron chi connectivity index (χ0n) is 18.2. The molecule has 2 aliphatic heterocycles. The number of carbonyl (C=O) groups excluding carboxylic acids is 2. The van der Waals surface area contributed by atoms with Crippen LogP contribution in [-0.4, -0.2) is 78.4 Å². The van der Waals surface area contributed by atoms with Gasteiger partial charge in [0, 0.05) is 44.5 Å². The maximum atomic E-state index is 12.8. The van der Waals surface area contributed by atoms with Gasteiger partial charge in [-0.05, 0) is 50.7 Å². The fourth-order valence-electron chi connectivity index (χ4n) is 4.53. The van der Waals surface area contributed by atoms with E-state index in [4.69, 9.17) is 0 Å². The number of carbonyl (C=O) groups is 2. The number of benzene rings is 1. The standard InChI is InChI=1S/C23H36N4O2/c1-4-20-10-5-6-11-27(20)22(29)17-26-14-12-25(13-15-26)16-21(28)24-23-18(2)8-7-9-19(23)3/h7-9,20H,4-6,10-17H2,1-3H3,(H,24,28)/t20-/m0/s1. The summed E-state index contributed by atoms with van der Waals surface area (Å²) in [6.45, 7) is 11.4. The highest BCUT2D eigenvalue weighted by atomic mass is 16.2. The number of para-hydroxylation sites is 1. The van der Waals surface area contributed by atoms with Gasteiger partial charge in [0.15, 0.2) is 0 Å². The molecule has 2 heterocycles. The van der Waals surface area contributed by atoms with Crippen molar-refractivity contribution in [3.63, 3.8) is 0 Å². The first kappa shape index (κ1) is 21.8. The highest BCUT2D eigenvalue weighted by molar-refractivity contribution is 5.93. The Hall–Kier alpha value is -1.92. The molecule has 0 radical (unpaired) electrons. The third kappa shape index (κ3) is 5.80. The van der Waals surface area contributed by atoms with E-state index in [9.17, 15) is 9.59 Å². The summed E-state index contributed by atoms with van der Waals surface area (Å²) in [5, 5.41) is 3.07. The van der Waals surface area contributed by atoms with Gasteiger partial charge in [0.1, 0.15) is 0 Å². The van der Waals surface area contributed by atoms with E-state index >= 15 is 0 Å². The number of nitrogens with zero attached hydrogens (tertiary/aromatic N) is 3. The lowest BCUT2D eigenvalue weighted by molar-refractivity contribution is -0.136. The number of piperidine rings is 1. The van der Waals surface area contributed by atoms with E-state index in [1.807, 2.05) is 32.0 Å². The molecular formula is C23H36N4O2. The molecule has 0 aromatic heterocycles. The third-order valence-corrected chi connectivity index (χ3v) is 6.36. The van der Waals surface area contributed by atoms with Crippen LogP contribution in [0.2, 0.25) is 0 Å². The van der Waals surface area contributed by atoms with Crippen LogP contribution in [0.5, 0.6) is 0 Å². The first-order valence-electron chi connectivity index (χ1n) is 11.1. The minimum atomic E-state index is 0.0334. The number of hydrogen-bond donors (Lipinski definition) is 1. The van der Waals surface area contributed by atoms with Crippen LogP contribution in [0, 0.1) is 13.8 Å². The molecule has 2 fully saturated rings. The van der Waals surface area contributed by atoms with Gasteiger partial charge in [-0.1, -0.05) is 25.1 Å². The minimum absolute atomic E-state index is 0.0334. The molecule has 6 heteroatoms. The summed E-state index contributed by atoms with van der Waals surface area (Å²) in [6.07, 6.45) is 4.57. The monoisotopic (exact) mass is 400 g/mol. The quantitative estimate of drug-likeness (QED) is 0.798. The smallest absolute Gasteiger partial charge is 0.238 e. The number of anilines is 1. The van der Waals surface area contributed by atoms with Crippen molar-refractivity contribution in [2.75, 3.05) is 51.1 Å². The lowest BCUT2D eigenvalue weighted by Gasteiger charge is -2.38. The zero-order valence-corrected chi connectivity index (χ0v) is 18.2. The van der Waals surface area contributed by atoms with E-state index in [2.05, 4.69) is 26.9 Å². The largest absolute Gasteiger partial charge is 0.339 e. The van der Waals surface area contributed by atoms with Crippen molar-refractivity contribution in [3.8, 4) is 0 Å². The summed E-state index contributed by atoms with van der Waals surface area (Å²) >= 11 is 0. The Balaban J connectivity index is 1.43. The Morgan fingerprint density at radius 3 is 2.21 bits per heavy atom. The van der Waals surface area contributed by atoms with Crippen LogP contribution in [0.3, 0.4) is 0 Å². The van der Waals surface area contributed by atoms with Gasteiger partial charge in [0.25, 0.3) is 0 Å². The molecule has 0 spiro atoms. The van der Waals surface area contributed by atoms with E-state index in [0.29, 0.717) is 19.1 Å². The molecule has 0 unspecified atom stereocenters. The molecule has 3 rings (SSSR count). The SMILES string of the molecule is CC[C@H]1CCCCN1C(=O)CN1CCN(CC(=O)Nc2c(C)cccc2C)CC1. The fourth-order valence-corrected chi connectivity index (χ4v) is 4.53. The second-order valence-corrected chi connectivity index (χ2v) is 8.51. The highest BCUT2D eigenvalue weighted by Gasteiger charge is 2.28. The van der Waals surface area contributed by atoms with Crippen molar-refractivity contribution in [2.45, 2.75) is 52.5 Å². The molecule has 2 amide bonds. The lowest BCUT2D eigenvalue weighted by Crippen LogP contribution is -2.53. The van der Waals surface area contributed by atoms with Crippen molar-refractivity contribution < 1.29 is 9.59 Å². The van der Waals surface area contributed by atoms with Crippen LogP contribution in [0.25, 0.3) is 0 Å². The van der Waals surface area contributed by atoms with E-state index < -0.39 is 0 Å². The summed E-state index contributed by atoms with van der Waals surface area (Å²) in [5.41, 5.74) is 3.10. The number of aryl methyl sites for hydroxylation is 2. The van der Waals surface area contributed by atoms with Crippen LogP contribution in [0.1, 0.15) is 43.7 Å². The number of nitrogens with one attached hydrogen (secondary N) is 1. The first-order chi connectivity index (χ1) is 14.0. The number of amides is 2. The van der Waals surface area contributed by atoms with Crippen molar-refractivity contribution in [1.29, 1.82) is 0 Å². The maximum Gasteiger partial charge on any atom is 0.238 e. The zero-order chi connectivity index (χ0) is 20.8. The number of rotatable bonds is 6. The summed E-state index contributed by atoms with van der Waals surface area (Å²) in [5.74, 6) is 0.309. The number of hydrogen-bond acceptors (Lipinski definition) is 4. The topological polar surface area (TPSA) is 55.9 Å². The van der Waals surface area contributed by atoms with Crippen LogP contribution in [-0.2, 0) is 9.59 Å². The van der Waals surface area contributed by atoms with Crippen molar-refractivity contribution >= 4 is 17.5 Å². The Bertz CT molecular complexity index is 693. The van der Waals surface area contributed by atoms with Crippen LogP contribution in [0.15, 0.2) is 18.2 Å². The molecule has 0 aliphatic carbocycles. The molecule has 0 bridgehead atoms. The predicted octanol–water partition coefficient (Wildman–Crippen LogP) is 2.65. The van der Waals surface area contributed by atoms with E-state index in [1.54, 1.807) is 0 Å². The molecule has 1 aromatic carbocycles. The maximum absolute atomic E-state index is 12.8. The van der Waals surface area contributed by atoms with Gasteiger partial charge >= 0.3 is 0 Å². The molecule has 160 valence electrons. The van der Waals surface area contributed by atoms with Gasteiger partial charge in [-0.2, -0.15) is 0 Å². The van der Waals surface area contributed by atoms with E-state index in [1.165, 1.54) is 6.42 Å². The molecule has 1 N–H and O–H groups in total. The van der Waals surface area contributed by atoms with Gasteiger partial charge in [0.2, 0.25) is 11.8 Å². The molecule has 1 atom stereocenters. The fraction of sp³-hybridized carbons (Fsp3) is 0.652. The van der Waals surface area contributed by atoms with Gasteiger partial charge in [-0.3, -0.25) is 19.4 Å². The van der Waals surface area contributed by atoms with Crippen LogP contribution < -0.4 is 5.32 Å². The van der Waals surface area contributed by atoms with Gasteiger partial charge in [0.05, 0.1) is 13.1 Å².